The number of ether oxygens (including phenoxy) is 1. The van der Waals surface area contributed by atoms with Crippen molar-refractivity contribution in [2.24, 2.45) is 0 Å². The van der Waals surface area contributed by atoms with Crippen molar-refractivity contribution >= 4 is 22.3 Å². The van der Waals surface area contributed by atoms with Gasteiger partial charge in [-0.3, -0.25) is 15.1 Å². The minimum absolute atomic E-state index is 0.173. The lowest BCUT2D eigenvalue weighted by Gasteiger charge is -2.18. The van der Waals surface area contributed by atoms with Crippen LogP contribution in [0.5, 0.6) is 0 Å². The summed E-state index contributed by atoms with van der Waals surface area (Å²) in [5, 5.41) is 11.8. The fourth-order valence-corrected chi connectivity index (χ4v) is 3.02. The number of aromatic nitrogens is 1. The van der Waals surface area contributed by atoms with Gasteiger partial charge in [0.2, 0.25) is 0 Å². The Morgan fingerprint density at radius 1 is 1.19 bits per heavy atom. The minimum Gasteiger partial charge on any atom is -0.383 e. The molecule has 134 valence electrons. The van der Waals surface area contributed by atoms with Gasteiger partial charge in [-0.25, -0.2) is 0 Å². The number of methoxy groups -OCH3 is 1. The highest BCUT2D eigenvalue weighted by atomic mass is 16.6. The summed E-state index contributed by atoms with van der Waals surface area (Å²) < 4.78 is 5.03. The molecule has 26 heavy (non-hydrogen) atoms. The summed E-state index contributed by atoms with van der Waals surface area (Å²) >= 11 is 0. The molecule has 0 atom stereocenters. The second-order valence-electron chi connectivity index (χ2n) is 6.00. The normalized spacial score (nSPS) is 12.4. The number of non-ortho nitro benzene ring substituents is 1. The second-order valence-corrected chi connectivity index (χ2v) is 6.00. The second kappa shape index (κ2) is 8.40. The number of nitro benzene ring substituents is 1. The molecular weight excluding hydrogens is 330 g/mol. The largest absolute Gasteiger partial charge is 0.383 e. The van der Waals surface area contributed by atoms with Crippen LogP contribution in [0.25, 0.3) is 10.9 Å². The van der Waals surface area contributed by atoms with Gasteiger partial charge in [0.1, 0.15) is 0 Å². The van der Waals surface area contributed by atoms with Gasteiger partial charge in [-0.05, 0) is 30.2 Å². The third-order valence-electron chi connectivity index (χ3n) is 4.34. The Bertz CT molecular complexity index is 833. The van der Waals surface area contributed by atoms with Gasteiger partial charge in [-0.2, -0.15) is 0 Å². The van der Waals surface area contributed by atoms with Crippen LogP contribution in [0.1, 0.15) is 5.56 Å². The molecule has 0 amide bonds. The Labute approximate surface area is 152 Å². The van der Waals surface area contributed by atoms with Crippen molar-refractivity contribution < 1.29 is 9.66 Å². The molecule has 2 heterocycles. The number of anilines is 1. The van der Waals surface area contributed by atoms with Crippen molar-refractivity contribution in [3.63, 3.8) is 0 Å². The number of para-hydroxylation sites is 1. The van der Waals surface area contributed by atoms with E-state index in [1.807, 2.05) is 36.5 Å². The summed E-state index contributed by atoms with van der Waals surface area (Å²) in [6.07, 6.45) is 2.68. The van der Waals surface area contributed by atoms with Gasteiger partial charge < -0.3 is 9.64 Å². The molecule has 6 heteroatoms. The molecule has 0 fully saturated rings. The number of fused-ring (bicyclic) bond motifs is 2. The topological polar surface area (TPSA) is 68.5 Å². The van der Waals surface area contributed by atoms with E-state index < -0.39 is 0 Å². The van der Waals surface area contributed by atoms with E-state index >= 15 is 0 Å². The van der Waals surface area contributed by atoms with Crippen LogP contribution >= 0.6 is 0 Å². The van der Waals surface area contributed by atoms with Crippen LogP contribution in [0.15, 0.2) is 60.8 Å². The quantitative estimate of drug-likeness (QED) is 0.528. The lowest BCUT2D eigenvalue weighted by atomic mass is 10.1. The van der Waals surface area contributed by atoms with Gasteiger partial charge in [-0.15, -0.1) is 0 Å². The lowest BCUT2D eigenvalue weighted by molar-refractivity contribution is -0.384. The Kier molecular flexibility index (Phi) is 5.76. The number of nitro groups is 1. The smallest absolute Gasteiger partial charge is 0.269 e. The SMILES string of the molecule is COCCN1CCc2cc([N+](=O)[O-])ccc21.c1ccc2ncccc2c1. The van der Waals surface area contributed by atoms with E-state index in [0.29, 0.717) is 6.61 Å². The number of rotatable bonds is 4. The third kappa shape index (κ3) is 4.15. The van der Waals surface area contributed by atoms with Crippen LogP contribution in [0.3, 0.4) is 0 Å². The molecule has 2 aromatic carbocycles. The molecule has 6 nitrogen and oxygen atoms in total. The van der Waals surface area contributed by atoms with Gasteiger partial charge in [0.25, 0.3) is 5.69 Å². The van der Waals surface area contributed by atoms with Crippen LogP contribution in [0.4, 0.5) is 11.4 Å². The molecule has 3 aromatic rings. The van der Waals surface area contributed by atoms with Crippen LogP contribution < -0.4 is 4.90 Å². The summed E-state index contributed by atoms with van der Waals surface area (Å²) in [6.45, 7) is 2.43. The number of nitrogens with zero attached hydrogens (tertiary/aromatic N) is 3. The summed E-state index contributed by atoms with van der Waals surface area (Å²) in [4.78, 5) is 16.7. The third-order valence-corrected chi connectivity index (χ3v) is 4.34. The standard InChI is InChI=1S/C11H14N2O3.C9H7N/c1-16-7-6-12-5-4-9-8-10(13(14)15)2-3-11(9)12;1-2-6-9-8(4-1)5-3-7-10-9/h2-3,8H,4-7H2,1H3;1-7H. The van der Waals surface area contributed by atoms with Crippen molar-refractivity contribution in [2.45, 2.75) is 6.42 Å². The first-order valence-electron chi connectivity index (χ1n) is 8.50. The highest BCUT2D eigenvalue weighted by Gasteiger charge is 2.21. The molecule has 0 bridgehead atoms. The molecule has 0 saturated heterocycles. The highest BCUT2D eigenvalue weighted by molar-refractivity contribution is 5.77. The molecule has 0 radical (unpaired) electrons. The van der Waals surface area contributed by atoms with Crippen LogP contribution in [0, 0.1) is 10.1 Å². The average Bonchev–Trinajstić information content (AvgIpc) is 3.09. The zero-order valence-corrected chi connectivity index (χ0v) is 14.7. The van der Waals surface area contributed by atoms with Crippen molar-refractivity contribution in [1.29, 1.82) is 0 Å². The maximum atomic E-state index is 10.6. The molecule has 1 aliphatic rings. The van der Waals surface area contributed by atoms with E-state index in [1.165, 1.54) is 5.39 Å². The van der Waals surface area contributed by atoms with Gasteiger partial charge in [0.05, 0.1) is 17.0 Å². The minimum atomic E-state index is -0.349. The van der Waals surface area contributed by atoms with Crippen molar-refractivity contribution in [3.05, 3.63) is 76.5 Å². The molecule has 0 N–H and O–H groups in total. The summed E-state index contributed by atoms with van der Waals surface area (Å²) in [5.41, 5.74) is 3.39. The van der Waals surface area contributed by atoms with E-state index in [-0.39, 0.29) is 10.6 Å². The first-order chi connectivity index (χ1) is 12.7. The molecule has 0 unspecified atom stereocenters. The summed E-state index contributed by atoms with van der Waals surface area (Å²) in [5.74, 6) is 0. The molecular formula is C20H21N3O3. The summed E-state index contributed by atoms with van der Waals surface area (Å²) in [7, 11) is 1.67. The van der Waals surface area contributed by atoms with E-state index in [1.54, 1.807) is 19.2 Å². The van der Waals surface area contributed by atoms with Gasteiger partial charge in [0, 0.05) is 49.6 Å². The number of hydrogen-bond acceptors (Lipinski definition) is 5. The fraction of sp³-hybridized carbons (Fsp3) is 0.250. The van der Waals surface area contributed by atoms with Crippen molar-refractivity contribution in [1.82, 2.24) is 4.98 Å². The average molecular weight is 351 g/mol. The predicted molar refractivity (Wildman–Crippen MR) is 103 cm³/mol. The predicted octanol–water partition coefficient (Wildman–Crippen LogP) is 3.84. The van der Waals surface area contributed by atoms with E-state index in [2.05, 4.69) is 22.0 Å². The fourth-order valence-electron chi connectivity index (χ4n) is 3.02. The van der Waals surface area contributed by atoms with Crippen LogP contribution in [-0.2, 0) is 11.2 Å². The molecule has 0 saturated carbocycles. The first kappa shape index (κ1) is 17.8. The molecule has 1 aromatic heterocycles. The summed E-state index contributed by atoms with van der Waals surface area (Å²) in [6, 6.07) is 17.1. The Hall–Kier alpha value is -2.99. The molecule has 0 aliphatic carbocycles. The lowest BCUT2D eigenvalue weighted by Crippen LogP contribution is -2.24. The van der Waals surface area contributed by atoms with E-state index in [9.17, 15) is 10.1 Å². The number of benzene rings is 2. The molecule has 0 spiro atoms. The zero-order valence-electron chi connectivity index (χ0n) is 14.7. The van der Waals surface area contributed by atoms with Crippen molar-refractivity contribution in [2.75, 3.05) is 31.7 Å². The Balaban J connectivity index is 0.000000167. The molecule has 4 rings (SSSR count). The monoisotopic (exact) mass is 351 g/mol. The van der Waals surface area contributed by atoms with E-state index in [4.69, 9.17) is 4.74 Å². The Morgan fingerprint density at radius 2 is 2.00 bits per heavy atom. The Morgan fingerprint density at radius 3 is 2.77 bits per heavy atom. The maximum absolute atomic E-state index is 10.6. The van der Waals surface area contributed by atoms with Crippen molar-refractivity contribution in [3.8, 4) is 0 Å². The number of pyridine rings is 1. The first-order valence-corrected chi connectivity index (χ1v) is 8.50. The zero-order chi connectivity index (χ0) is 18.4. The maximum Gasteiger partial charge on any atom is 0.269 e. The number of hydrogen-bond donors (Lipinski definition) is 0. The van der Waals surface area contributed by atoms with Gasteiger partial charge >= 0.3 is 0 Å². The van der Waals surface area contributed by atoms with Gasteiger partial charge in [0.15, 0.2) is 0 Å². The highest BCUT2D eigenvalue weighted by Crippen LogP contribution is 2.30. The van der Waals surface area contributed by atoms with E-state index in [0.717, 1.165) is 36.3 Å². The van der Waals surface area contributed by atoms with Crippen LogP contribution in [0.2, 0.25) is 0 Å². The van der Waals surface area contributed by atoms with Crippen LogP contribution in [-0.4, -0.2) is 36.7 Å². The van der Waals surface area contributed by atoms with Gasteiger partial charge in [-0.1, -0.05) is 24.3 Å². The molecule has 1 aliphatic heterocycles.